The summed E-state index contributed by atoms with van der Waals surface area (Å²) in [4.78, 5) is 13.3. The maximum Gasteiger partial charge on any atom is 0.247 e. The predicted octanol–water partition coefficient (Wildman–Crippen LogP) is 4.07. The first-order chi connectivity index (χ1) is 21.0. The summed E-state index contributed by atoms with van der Waals surface area (Å²) in [5.41, 5.74) is 8.32. The van der Waals surface area contributed by atoms with E-state index in [1.165, 1.54) is 0 Å². The van der Waals surface area contributed by atoms with Crippen molar-refractivity contribution in [1.82, 2.24) is 19.5 Å². The third kappa shape index (κ3) is 6.23. The largest absolute Gasteiger partial charge is 0.471 e. The molecule has 0 spiro atoms. The fourth-order valence-corrected chi connectivity index (χ4v) is 5.79. The van der Waals surface area contributed by atoms with Gasteiger partial charge in [0.25, 0.3) is 0 Å². The van der Waals surface area contributed by atoms with Crippen molar-refractivity contribution in [2.45, 2.75) is 44.0 Å². The maximum absolute atomic E-state index is 12.1. The summed E-state index contributed by atoms with van der Waals surface area (Å²) >= 11 is 0. The summed E-state index contributed by atoms with van der Waals surface area (Å²) in [6, 6.07) is 28.8. The molecular formula is C33H35N5O5. The van der Waals surface area contributed by atoms with Crippen LogP contribution in [0.4, 0.5) is 5.95 Å². The van der Waals surface area contributed by atoms with Crippen LogP contribution in [0, 0.1) is 5.92 Å². The van der Waals surface area contributed by atoms with Crippen LogP contribution >= 0.6 is 0 Å². The number of nitrogens with zero attached hydrogens (tertiary/aromatic N) is 4. The Morgan fingerprint density at radius 2 is 1.44 bits per heavy atom. The van der Waals surface area contributed by atoms with E-state index in [0.717, 1.165) is 16.7 Å². The molecule has 0 amide bonds. The first-order valence-electron chi connectivity index (χ1n) is 14.3. The monoisotopic (exact) mass is 581 g/mol. The summed E-state index contributed by atoms with van der Waals surface area (Å²) in [5.74, 6) is -0.280. The summed E-state index contributed by atoms with van der Waals surface area (Å²) in [5, 5.41) is 22.8. The topological polar surface area (TPSA) is 138 Å². The Labute approximate surface area is 249 Å². The first-order valence-corrected chi connectivity index (χ1v) is 14.3. The number of aliphatic hydroxyl groups is 2. The second kappa shape index (κ2) is 12.9. The molecule has 0 aliphatic heterocycles. The van der Waals surface area contributed by atoms with E-state index in [4.69, 9.17) is 19.9 Å². The molecular weight excluding hydrogens is 546 g/mol. The minimum absolute atomic E-state index is 0.0162. The van der Waals surface area contributed by atoms with Gasteiger partial charge < -0.3 is 34.7 Å². The van der Waals surface area contributed by atoms with Crippen molar-refractivity contribution < 1.29 is 24.4 Å². The van der Waals surface area contributed by atoms with Gasteiger partial charge in [0.05, 0.1) is 44.9 Å². The third-order valence-electron chi connectivity index (χ3n) is 8.05. The molecule has 10 heteroatoms. The molecule has 1 fully saturated rings. The lowest BCUT2D eigenvalue weighted by Gasteiger charge is -2.34. The van der Waals surface area contributed by atoms with Crippen molar-refractivity contribution in [3.63, 3.8) is 0 Å². The van der Waals surface area contributed by atoms with Gasteiger partial charge in [0, 0.05) is 5.92 Å². The molecule has 1 aliphatic carbocycles. The predicted molar refractivity (Wildman–Crippen MR) is 161 cm³/mol. The Morgan fingerprint density at radius 3 is 2.07 bits per heavy atom. The molecule has 0 saturated heterocycles. The van der Waals surface area contributed by atoms with Crippen LogP contribution in [-0.4, -0.2) is 54.7 Å². The maximum atomic E-state index is 12.1. The van der Waals surface area contributed by atoms with Crippen molar-refractivity contribution in [3.8, 4) is 5.88 Å². The highest BCUT2D eigenvalue weighted by molar-refractivity contribution is 5.77. The van der Waals surface area contributed by atoms with E-state index >= 15 is 0 Å². The van der Waals surface area contributed by atoms with Gasteiger partial charge in [0.15, 0.2) is 11.2 Å². The van der Waals surface area contributed by atoms with Crippen molar-refractivity contribution in [2.75, 3.05) is 18.9 Å². The molecule has 1 aliphatic rings. The minimum atomic E-state index is -1.60. The highest BCUT2D eigenvalue weighted by Crippen LogP contribution is 2.47. The lowest BCUT2D eigenvalue weighted by molar-refractivity contribution is -0.120. The van der Waals surface area contributed by atoms with Gasteiger partial charge in [-0.2, -0.15) is 9.97 Å². The molecule has 0 radical (unpaired) electrons. The number of nitrogens with two attached hydrogens (primary N) is 1. The molecule has 2 aromatic heterocycles. The van der Waals surface area contributed by atoms with Crippen LogP contribution in [0.1, 0.15) is 29.2 Å². The van der Waals surface area contributed by atoms with Crippen molar-refractivity contribution >= 4 is 17.1 Å². The van der Waals surface area contributed by atoms with Crippen LogP contribution in [0.5, 0.6) is 5.88 Å². The molecule has 4 atom stereocenters. The Balaban J connectivity index is 1.29. The number of rotatable bonds is 12. The van der Waals surface area contributed by atoms with Crippen LogP contribution in [0.15, 0.2) is 97.3 Å². The lowest BCUT2D eigenvalue weighted by Crippen LogP contribution is -2.48. The quantitative estimate of drug-likeness (QED) is 0.199. The summed E-state index contributed by atoms with van der Waals surface area (Å²) in [6.07, 6.45) is 1.54. The van der Waals surface area contributed by atoms with Gasteiger partial charge >= 0.3 is 0 Å². The standard InChI is InChI=1S/C33H35N5O5/c34-32-36-30-29(31(37-32)43-19-25-14-8-3-9-15-25)35-22-38(30)28-16-27(42-18-24-12-6-2-7-13-24)26(33(28,40)21-39)20-41-17-23-10-4-1-5-11-23/h1-15,22,26-28,39-40H,16-21H2,(H2,34,36,37). The fourth-order valence-electron chi connectivity index (χ4n) is 5.79. The number of anilines is 1. The zero-order valence-electron chi connectivity index (χ0n) is 23.7. The highest BCUT2D eigenvalue weighted by atomic mass is 16.5. The van der Waals surface area contributed by atoms with Gasteiger partial charge in [0.1, 0.15) is 12.2 Å². The average Bonchev–Trinajstić information content (AvgIpc) is 3.58. The number of hydrogen-bond acceptors (Lipinski definition) is 9. The van der Waals surface area contributed by atoms with E-state index in [1.807, 2.05) is 91.0 Å². The smallest absolute Gasteiger partial charge is 0.247 e. The van der Waals surface area contributed by atoms with Crippen LogP contribution in [0.3, 0.4) is 0 Å². The number of ether oxygens (including phenoxy) is 3. The molecule has 0 bridgehead atoms. The van der Waals surface area contributed by atoms with E-state index in [2.05, 4.69) is 15.0 Å². The molecule has 2 heterocycles. The zero-order chi connectivity index (χ0) is 29.6. The molecule has 3 aromatic carbocycles. The average molecular weight is 582 g/mol. The normalized spacial score (nSPS) is 21.8. The van der Waals surface area contributed by atoms with Gasteiger partial charge in [-0.05, 0) is 23.1 Å². The van der Waals surface area contributed by atoms with Crippen molar-refractivity contribution in [3.05, 3.63) is 114 Å². The number of nitrogen functional groups attached to an aromatic ring is 1. The second-order valence-corrected chi connectivity index (χ2v) is 10.8. The SMILES string of the molecule is Nc1nc(OCc2ccccc2)c2ncn(C3CC(OCc4ccccc4)C(COCc4ccccc4)C3(O)CO)c2n1. The Kier molecular flexibility index (Phi) is 8.62. The molecule has 5 aromatic rings. The van der Waals surface area contributed by atoms with E-state index < -0.39 is 30.3 Å². The molecule has 1 saturated carbocycles. The Bertz CT molecular complexity index is 1620. The van der Waals surface area contributed by atoms with Gasteiger partial charge in [-0.25, -0.2) is 4.98 Å². The second-order valence-electron chi connectivity index (χ2n) is 10.8. The van der Waals surface area contributed by atoms with Crippen LogP contribution in [0.25, 0.3) is 11.2 Å². The van der Waals surface area contributed by atoms with E-state index in [9.17, 15) is 10.2 Å². The number of benzene rings is 3. The number of imidazole rings is 1. The Hall–Kier alpha value is -4.35. The van der Waals surface area contributed by atoms with Gasteiger partial charge in [-0.1, -0.05) is 91.0 Å². The number of aliphatic hydroxyl groups excluding tert-OH is 1. The molecule has 43 heavy (non-hydrogen) atoms. The van der Waals surface area contributed by atoms with Crippen LogP contribution < -0.4 is 10.5 Å². The van der Waals surface area contributed by atoms with E-state index in [1.54, 1.807) is 10.9 Å². The lowest BCUT2D eigenvalue weighted by atomic mass is 9.88. The molecule has 222 valence electrons. The van der Waals surface area contributed by atoms with Gasteiger partial charge in [0.2, 0.25) is 11.8 Å². The third-order valence-corrected chi connectivity index (χ3v) is 8.05. The summed E-state index contributed by atoms with van der Waals surface area (Å²) in [6.45, 7) is 0.664. The van der Waals surface area contributed by atoms with Crippen LogP contribution in [0.2, 0.25) is 0 Å². The summed E-state index contributed by atoms with van der Waals surface area (Å²) < 4.78 is 20.3. The fraction of sp³-hybridized carbons (Fsp3) is 0.303. The molecule has 4 unspecified atom stereocenters. The van der Waals surface area contributed by atoms with E-state index in [-0.39, 0.29) is 25.0 Å². The van der Waals surface area contributed by atoms with Crippen LogP contribution in [-0.2, 0) is 29.3 Å². The van der Waals surface area contributed by atoms with Crippen molar-refractivity contribution in [2.24, 2.45) is 5.92 Å². The number of fused-ring (bicyclic) bond motifs is 1. The van der Waals surface area contributed by atoms with Crippen molar-refractivity contribution in [1.29, 1.82) is 0 Å². The Morgan fingerprint density at radius 1 is 0.837 bits per heavy atom. The van der Waals surface area contributed by atoms with Gasteiger partial charge in [-0.15, -0.1) is 0 Å². The molecule has 6 rings (SSSR count). The first kappa shape index (κ1) is 28.8. The molecule has 10 nitrogen and oxygen atoms in total. The van der Waals surface area contributed by atoms with E-state index in [0.29, 0.717) is 30.8 Å². The molecule has 4 N–H and O–H groups in total. The zero-order valence-corrected chi connectivity index (χ0v) is 23.7. The number of aromatic nitrogens is 4. The minimum Gasteiger partial charge on any atom is -0.471 e. The van der Waals surface area contributed by atoms with Gasteiger partial charge in [-0.3, -0.25) is 0 Å². The highest BCUT2D eigenvalue weighted by Gasteiger charge is 2.56. The number of hydrogen-bond donors (Lipinski definition) is 3. The summed E-state index contributed by atoms with van der Waals surface area (Å²) in [7, 11) is 0.